The first-order valence-corrected chi connectivity index (χ1v) is 12.3. The van der Waals surface area contributed by atoms with Crippen molar-refractivity contribution >= 4 is 9.84 Å². The molecule has 2 heterocycles. The molecule has 0 amide bonds. The van der Waals surface area contributed by atoms with Crippen LogP contribution in [0.5, 0.6) is 0 Å². The van der Waals surface area contributed by atoms with Crippen LogP contribution in [0.4, 0.5) is 0 Å². The predicted molar refractivity (Wildman–Crippen MR) is 120 cm³/mol. The first-order valence-electron chi connectivity index (χ1n) is 10.8. The summed E-state index contributed by atoms with van der Waals surface area (Å²) >= 11 is 0. The lowest BCUT2D eigenvalue weighted by atomic mass is 9.95. The molecule has 7 nitrogen and oxygen atoms in total. The zero-order valence-electron chi connectivity index (χ0n) is 18.8. The Bertz CT molecular complexity index is 992. The topological polar surface area (TPSA) is 83.1 Å². The summed E-state index contributed by atoms with van der Waals surface area (Å²) in [5.41, 5.74) is 0.447. The van der Waals surface area contributed by atoms with Crippen LogP contribution in [-0.2, 0) is 28.8 Å². The Hall–Kier alpha value is -1.81. The van der Waals surface area contributed by atoms with Gasteiger partial charge in [0.25, 0.3) is 0 Å². The minimum atomic E-state index is -3.81. The normalized spacial score (nSPS) is 31.1. The fraction of sp³-hybridized carbons (Fsp3) is 0.500. The lowest BCUT2D eigenvalue weighted by molar-refractivity contribution is -0.318. The molecule has 2 aliphatic rings. The number of rotatable bonds is 5. The van der Waals surface area contributed by atoms with Crippen molar-refractivity contribution in [3.05, 3.63) is 66.2 Å². The van der Waals surface area contributed by atoms with Crippen LogP contribution < -0.4 is 5.32 Å². The maximum atomic E-state index is 14.0. The molecule has 4 rings (SSSR count). The molecule has 0 aromatic heterocycles. The molecule has 2 fully saturated rings. The molecule has 0 saturated carbocycles. The van der Waals surface area contributed by atoms with Gasteiger partial charge in [0.05, 0.1) is 17.5 Å². The molecule has 32 heavy (non-hydrogen) atoms. The Morgan fingerprint density at radius 2 is 1.59 bits per heavy atom. The third-order valence-electron chi connectivity index (χ3n) is 5.67. The Kier molecular flexibility index (Phi) is 6.72. The highest BCUT2D eigenvalue weighted by molar-refractivity contribution is 7.92. The summed E-state index contributed by atoms with van der Waals surface area (Å²) in [6, 6.07) is 17.3. The van der Waals surface area contributed by atoms with E-state index in [1.165, 1.54) is 7.11 Å². The Morgan fingerprint density at radius 3 is 2.19 bits per heavy atom. The first kappa shape index (κ1) is 23.4. The summed E-state index contributed by atoms with van der Waals surface area (Å²) in [5.74, 6) is 0. The fourth-order valence-corrected chi connectivity index (χ4v) is 6.37. The molecule has 0 aliphatic carbocycles. The third kappa shape index (κ3) is 4.76. The molecule has 1 N–H and O–H groups in total. The van der Waals surface area contributed by atoms with Crippen molar-refractivity contribution in [1.29, 1.82) is 0 Å². The van der Waals surface area contributed by atoms with Crippen molar-refractivity contribution in [1.82, 2.24) is 5.32 Å². The number of sulfone groups is 1. The summed E-state index contributed by atoms with van der Waals surface area (Å²) in [5, 5.41) is 2.48. The minimum absolute atomic E-state index is 0.202. The van der Waals surface area contributed by atoms with E-state index in [0.717, 1.165) is 5.56 Å². The van der Waals surface area contributed by atoms with Crippen molar-refractivity contribution in [3.63, 3.8) is 0 Å². The van der Waals surface area contributed by atoms with E-state index in [0.29, 0.717) is 0 Å². The van der Waals surface area contributed by atoms with Gasteiger partial charge in [-0.2, -0.15) is 0 Å². The van der Waals surface area contributed by atoms with Crippen LogP contribution >= 0.6 is 0 Å². The van der Waals surface area contributed by atoms with E-state index in [4.69, 9.17) is 18.9 Å². The van der Waals surface area contributed by atoms with Gasteiger partial charge in [0.15, 0.2) is 22.4 Å². The van der Waals surface area contributed by atoms with Crippen molar-refractivity contribution in [2.45, 2.75) is 67.3 Å². The summed E-state index contributed by atoms with van der Waals surface area (Å²) in [7, 11) is -2.29. The third-order valence-corrected chi connectivity index (χ3v) is 7.88. The highest BCUT2D eigenvalue weighted by atomic mass is 32.2. The molecule has 1 unspecified atom stereocenters. The van der Waals surface area contributed by atoms with E-state index in [2.05, 4.69) is 5.32 Å². The first-order chi connectivity index (χ1) is 15.2. The van der Waals surface area contributed by atoms with Crippen LogP contribution in [0.2, 0.25) is 0 Å². The van der Waals surface area contributed by atoms with Gasteiger partial charge in [-0.1, -0.05) is 48.5 Å². The van der Waals surface area contributed by atoms with Crippen LogP contribution in [0.15, 0.2) is 65.6 Å². The highest BCUT2D eigenvalue weighted by Gasteiger charge is 2.56. The Labute approximate surface area is 189 Å². The van der Waals surface area contributed by atoms with Crippen molar-refractivity contribution in [2.24, 2.45) is 0 Å². The predicted octanol–water partition coefficient (Wildman–Crippen LogP) is 3.07. The minimum Gasteiger partial charge on any atom is -0.354 e. The van der Waals surface area contributed by atoms with Crippen molar-refractivity contribution < 1.29 is 27.4 Å². The van der Waals surface area contributed by atoms with Gasteiger partial charge >= 0.3 is 0 Å². The van der Waals surface area contributed by atoms with Gasteiger partial charge in [-0.25, -0.2) is 8.42 Å². The van der Waals surface area contributed by atoms with Gasteiger partial charge in [-0.15, -0.1) is 0 Å². The fourth-order valence-electron chi connectivity index (χ4n) is 4.34. The summed E-state index contributed by atoms with van der Waals surface area (Å²) in [4.78, 5) is 0.243. The van der Waals surface area contributed by atoms with Crippen LogP contribution in [0.25, 0.3) is 0 Å². The number of benzene rings is 2. The molecule has 0 radical (unpaired) electrons. The average Bonchev–Trinajstić information content (AvgIpc) is 2.78. The van der Waals surface area contributed by atoms with Crippen LogP contribution in [0.3, 0.4) is 0 Å². The van der Waals surface area contributed by atoms with E-state index in [1.54, 1.807) is 30.3 Å². The van der Waals surface area contributed by atoms with Gasteiger partial charge in [0.1, 0.15) is 17.5 Å². The number of nitrogens with one attached hydrogen (secondary N) is 1. The highest BCUT2D eigenvalue weighted by Crippen LogP contribution is 2.39. The lowest BCUT2D eigenvalue weighted by Crippen LogP contribution is -2.69. The second-order valence-electron chi connectivity index (χ2n) is 9.20. The van der Waals surface area contributed by atoms with Gasteiger partial charge in [-0.05, 0) is 32.9 Å². The van der Waals surface area contributed by atoms with Crippen LogP contribution in [-0.4, -0.2) is 57.5 Å². The van der Waals surface area contributed by atoms with Gasteiger partial charge in [0.2, 0.25) is 0 Å². The van der Waals surface area contributed by atoms with Crippen molar-refractivity contribution in [2.75, 3.05) is 13.7 Å². The van der Waals surface area contributed by atoms with E-state index < -0.39 is 45.9 Å². The number of hydrogen-bond donors (Lipinski definition) is 1. The maximum Gasteiger partial charge on any atom is 0.185 e. The molecule has 8 heteroatoms. The summed E-state index contributed by atoms with van der Waals surface area (Å²) in [6.07, 6.45) is -2.78. The SMILES string of the molecule is CO[C@@H]1O[C@@H]2COC(c3ccccc3)O[C@H]2[C@H](S(=O)(=O)c2ccccc2)[C@H]1NC(C)(C)C. The number of fused-ring (bicyclic) bond motifs is 1. The quantitative estimate of drug-likeness (QED) is 0.733. The lowest BCUT2D eigenvalue weighted by Gasteiger charge is -2.50. The molecule has 2 aromatic carbocycles. The standard InChI is InChI=1S/C24H31NO6S/c1-24(2,3)25-19-21(32(26,27)17-13-9-6-10-14-17)20-18(30-23(19)28-4)15-29-22(31-20)16-11-7-5-8-12-16/h5-14,18-23,25H,15H2,1-4H3/t18-,19-,20-,21-,22?,23-/m1/s1. The summed E-state index contributed by atoms with van der Waals surface area (Å²) in [6.45, 7) is 6.15. The zero-order valence-corrected chi connectivity index (χ0v) is 19.6. The van der Waals surface area contributed by atoms with E-state index >= 15 is 0 Å². The largest absolute Gasteiger partial charge is 0.354 e. The summed E-state index contributed by atoms with van der Waals surface area (Å²) < 4.78 is 51.9. The van der Waals surface area contributed by atoms with E-state index in [1.807, 2.05) is 51.1 Å². The molecule has 2 aliphatic heterocycles. The van der Waals surface area contributed by atoms with Crippen LogP contribution in [0, 0.1) is 0 Å². The number of methoxy groups -OCH3 is 1. The Morgan fingerprint density at radius 1 is 0.969 bits per heavy atom. The van der Waals surface area contributed by atoms with Gasteiger partial charge in [0, 0.05) is 18.2 Å². The van der Waals surface area contributed by atoms with E-state index in [-0.39, 0.29) is 17.0 Å². The smallest absolute Gasteiger partial charge is 0.185 e. The van der Waals surface area contributed by atoms with Gasteiger partial charge in [-0.3, -0.25) is 0 Å². The molecular formula is C24H31NO6S. The second-order valence-corrected chi connectivity index (χ2v) is 11.3. The van der Waals surface area contributed by atoms with Crippen molar-refractivity contribution in [3.8, 4) is 0 Å². The molecule has 0 bridgehead atoms. The van der Waals surface area contributed by atoms with Crippen LogP contribution in [0.1, 0.15) is 32.6 Å². The monoisotopic (exact) mass is 461 g/mol. The Balaban J connectivity index is 1.77. The van der Waals surface area contributed by atoms with E-state index in [9.17, 15) is 8.42 Å². The zero-order chi connectivity index (χ0) is 22.9. The molecule has 2 aromatic rings. The second kappa shape index (κ2) is 9.21. The maximum absolute atomic E-state index is 14.0. The molecule has 6 atom stereocenters. The number of hydrogen-bond acceptors (Lipinski definition) is 7. The molecule has 0 spiro atoms. The molecule has 174 valence electrons. The molecule has 2 saturated heterocycles. The number of ether oxygens (including phenoxy) is 4. The molecular weight excluding hydrogens is 430 g/mol. The van der Waals surface area contributed by atoms with Gasteiger partial charge < -0.3 is 24.3 Å². The average molecular weight is 462 g/mol.